The molecule has 0 aliphatic carbocycles. The molecule has 0 spiro atoms. The Balaban J connectivity index is 0.00000200. The van der Waals surface area contributed by atoms with E-state index in [-0.39, 0.29) is 119 Å². The molecular formula is C10H7K2NO6S2. The molecule has 0 atom stereocenters. The van der Waals surface area contributed by atoms with Gasteiger partial charge in [-0.05, 0) is 29.7 Å². The summed E-state index contributed by atoms with van der Waals surface area (Å²) in [6.45, 7) is 0. The Bertz CT molecular complexity index is 880. The first-order valence-electron chi connectivity index (χ1n) is 4.84. The molecule has 7 nitrogen and oxygen atoms in total. The van der Waals surface area contributed by atoms with Crippen molar-refractivity contribution < 1.29 is 129 Å². The van der Waals surface area contributed by atoms with Crippen molar-refractivity contribution in [1.82, 2.24) is 0 Å². The van der Waals surface area contributed by atoms with E-state index in [4.69, 9.17) is 5.73 Å². The third-order valence-corrected chi connectivity index (χ3v) is 4.16. The van der Waals surface area contributed by atoms with Crippen LogP contribution in [0.4, 0.5) is 5.69 Å². The molecule has 21 heavy (non-hydrogen) atoms. The molecule has 0 amide bonds. The van der Waals surface area contributed by atoms with Crippen LogP contribution in [-0.4, -0.2) is 25.9 Å². The summed E-state index contributed by atoms with van der Waals surface area (Å²) in [5.74, 6) is 0. The molecule has 0 unspecified atom stereocenters. The topological polar surface area (TPSA) is 140 Å². The van der Waals surface area contributed by atoms with Crippen LogP contribution in [0.3, 0.4) is 0 Å². The van der Waals surface area contributed by atoms with E-state index in [9.17, 15) is 25.9 Å². The summed E-state index contributed by atoms with van der Waals surface area (Å²) in [4.78, 5) is -1.56. The maximum absolute atomic E-state index is 11.1. The van der Waals surface area contributed by atoms with Crippen molar-refractivity contribution in [3.8, 4) is 0 Å². The van der Waals surface area contributed by atoms with Crippen LogP contribution in [0.1, 0.15) is 0 Å². The van der Waals surface area contributed by atoms with Crippen LogP contribution in [0.15, 0.2) is 40.1 Å². The van der Waals surface area contributed by atoms with Crippen LogP contribution in [0.5, 0.6) is 0 Å². The molecule has 11 heteroatoms. The first-order chi connectivity index (χ1) is 8.59. The Morgan fingerprint density at radius 1 is 0.857 bits per heavy atom. The molecule has 0 fully saturated rings. The van der Waals surface area contributed by atoms with Crippen molar-refractivity contribution >= 4 is 36.7 Å². The minimum absolute atomic E-state index is 0. The van der Waals surface area contributed by atoms with Crippen LogP contribution in [0, 0.1) is 0 Å². The maximum atomic E-state index is 11.1. The normalized spacial score (nSPS) is 11.5. The summed E-state index contributed by atoms with van der Waals surface area (Å²) in [7, 11) is -9.81. The Labute approximate surface area is 207 Å². The molecule has 2 N–H and O–H groups in total. The summed E-state index contributed by atoms with van der Waals surface area (Å²) < 4.78 is 66.3. The van der Waals surface area contributed by atoms with Crippen molar-refractivity contribution in [3.63, 3.8) is 0 Å². The van der Waals surface area contributed by atoms with Gasteiger partial charge in [-0.2, -0.15) is 0 Å². The predicted molar refractivity (Wildman–Crippen MR) is 64.3 cm³/mol. The van der Waals surface area contributed by atoms with E-state index in [2.05, 4.69) is 0 Å². The zero-order valence-corrected chi connectivity index (χ0v) is 19.1. The third-order valence-electron chi connectivity index (χ3n) is 2.47. The first-order valence-corrected chi connectivity index (χ1v) is 7.66. The Morgan fingerprint density at radius 2 is 1.43 bits per heavy atom. The SMILES string of the molecule is Nc1ccc2cc(S(=O)(=O)[O-])cc(S(=O)(=O)[O-])c2c1.[K+].[K+]. The van der Waals surface area contributed by atoms with Gasteiger partial charge in [0.2, 0.25) is 0 Å². The Morgan fingerprint density at radius 3 is 1.90 bits per heavy atom. The Hall–Kier alpha value is 1.59. The zero-order valence-electron chi connectivity index (χ0n) is 11.2. The molecule has 0 saturated carbocycles. The number of nitrogen functional groups attached to an aromatic ring is 1. The second-order valence-electron chi connectivity index (χ2n) is 3.81. The van der Waals surface area contributed by atoms with Gasteiger partial charge in [0.05, 0.1) is 9.79 Å². The molecule has 0 aliphatic rings. The van der Waals surface area contributed by atoms with Gasteiger partial charge in [-0.25, -0.2) is 16.8 Å². The van der Waals surface area contributed by atoms with Crippen LogP contribution in [0.2, 0.25) is 0 Å². The van der Waals surface area contributed by atoms with E-state index >= 15 is 0 Å². The van der Waals surface area contributed by atoms with E-state index in [1.54, 1.807) is 0 Å². The van der Waals surface area contributed by atoms with Gasteiger partial charge in [-0.15, -0.1) is 0 Å². The number of benzene rings is 2. The molecule has 0 radical (unpaired) electrons. The number of rotatable bonds is 2. The molecule has 0 saturated heterocycles. The molecule has 2 aromatic carbocycles. The molecule has 0 aliphatic heterocycles. The molecule has 2 aromatic rings. The maximum Gasteiger partial charge on any atom is 1.00 e. The molecule has 102 valence electrons. The smallest absolute Gasteiger partial charge is 0.744 e. The summed E-state index contributed by atoms with van der Waals surface area (Å²) >= 11 is 0. The fourth-order valence-corrected chi connectivity index (χ4v) is 2.99. The fraction of sp³-hybridized carbons (Fsp3) is 0. The van der Waals surface area contributed by atoms with Crippen molar-refractivity contribution in [2.45, 2.75) is 9.79 Å². The quantitative estimate of drug-likeness (QED) is 0.311. The Kier molecular flexibility index (Phi) is 8.73. The third kappa shape index (κ3) is 5.57. The fourth-order valence-electron chi connectivity index (χ4n) is 1.67. The van der Waals surface area contributed by atoms with Crippen molar-refractivity contribution in [3.05, 3.63) is 30.3 Å². The van der Waals surface area contributed by atoms with E-state index in [1.165, 1.54) is 18.2 Å². The number of hydrogen-bond acceptors (Lipinski definition) is 7. The average molecular weight is 379 g/mol. The standard InChI is InChI=1S/C10H9NO6S2.2K/c11-7-2-1-6-3-8(18(12,13)14)5-10(9(6)4-7)19(15,16)17;;/h1-5H,11H2,(H,12,13,14)(H,15,16,17);;/q;2*+1/p-2. The van der Waals surface area contributed by atoms with E-state index in [1.807, 2.05) is 0 Å². The number of anilines is 1. The minimum atomic E-state index is -4.94. The monoisotopic (exact) mass is 379 g/mol. The second kappa shape index (κ2) is 8.11. The van der Waals surface area contributed by atoms with Crippen molar-refractivity contribution in [1.29, 1.82) is 0 Å². The van der Waals surface area contributed by atoms with Gasteiger partial charge in [-0.1, -0.05) is 6.07 Å². The minimum Gasteiger partial charge on any atom is -0.744 e. The van der Waals surface area contributed by atoms with Crippen LogP contribution < -0.4 is 109 Å². The van der Waals surface area contributed by atoms with Gasteiger partial charge in [0, 0.05) is 11.1 Å². The summed E-state index contributed by atoms with van der Waals surface area (Å²) in [5.41, 5.74) is 5.69. The van der Waals surface area contributed by atoms with E-state index in [0.29, 0.717) is 6.07 Å². The van der Waals surface area contributed by atoms with Gasteiger partial charge in [-0.3, -0.25) is 0 Å². The molecule has 0 bridgehead atoms. The number of fused-ring (bicyclic) bond motifs is 1. The van der Waals surface area contributed by atoms with E-state index in [0.717, 1.165) is 6.07 Å². The van der Waals surface area contributed by atoms with Crippen LogP contribution >= 0.6 is 0 Å². The molecule has 0 aromatic heterocycles. The van der Waals surface area contributed by atoms with Gasteiger partial charge in [0.15, 0.2) is 0 Å². The molecular weight excluding hydrogens is 372 g/mol. The molecule has 0 heterocycles. The second-order valence-corrected chi connectivity index (χ2v) is 6.54. The van der Waals surface area contributed by atoms with Gasteiger partial charge in [0.25, 0.3) is 0 Å². The number of nitrogens with two attached hydrogens (primary N) is 1. The van der Waals surface area contributed by atoms with Crippen LogP contribution in [0.25, 0.3) is 10.8 Å². The average Bonchev–Trinajstić information content (AvgIpc) is 2.24. The summed E-state index contributed by atoms with van der Waals surface area (Å²) in [6, 6.07) is 5.48. The van der Waals surface area contributed by atoms with Crippen LogP contribution in [-0.2, 0) is 20.2 Å². The largest absolute Gasteiger partial charge is 1.00 e. The zero-order chi connectivity index (χ0) is 14.4. The molecule has 2 rings (SSSR count). The van der Waals surface area contributed by atoms with Gasteiger partial charge >= 0.3 is 103 Å². The summed E-state index contributed by atoms with van der Waals surface area (Å²) in [6.07, 6.45) is 0. The summed E-state index contributed by atoms with van der Waals surface area (Å²) in [5, 5.41) is 0.1000. The predicted octanol–water partition coefficient (Wildman–Crippen LogP) is -5.76. The number of hydrogen-bond donors (Lipinski definition) is 1. The van der Waals surface area contributed by atoms with Gasteiger partial charge in [0.1, 0.15) is 20.2 Å². The van der Waals surface area contributed by atoms with Gasteiger partial charge < -0.3 is 14.8 Å². The van der Waals surface area contributed by atoms with Crippen molar-refractivity contribution in [2.24, 2.45) is 0 Å². The van der Waals surface area contributed by atoms with Crippen molar-refractivity contribution in [2.75, 3.05) is 5.73 Å². The van der Waals surface area contributed by atoms with E-state index < -0.39 is 30.0 Å². The first kappa shape index (κ1) is 22.6.